The van der Waals surface area contributed by atoms with Crippen molar-refractivity contribution in [3.05, 3.63) is 28.4 Å². The van der Waals surface area contributed by atoms with Gasteiger partial charge in [-0.3, -0.25) is 4.79 Å². The van der Waals surface area contributed by atoms with E-state index in [-0.39, 0.29) is 56.8 Å². The molecule has 14 nitrogen and oxygen atoms in total. The summed E-state index contributed by atoms with van der Waals surface area (Å²) in [5, 5.41) is 51.0. The molecule has 2 heterocycles. The normalized spacial score (nSPS) is 22.6. The molecule has 1 aliphatic heterocycles. The third-order valence-electron chi connectivity index (χ3n) is 6.49. The third-order valence-corrected chi connectivity index (χ3v) is 6.49. The van der Waals surface area contributed by atoms with Gasteiger partial charge in [-0.1, -0.05) is 0 Å². The minimum atomic E-state index is -1.74. The number of hydrogen-bond donors (Lipinski definition) is 5. The number of fused-ring (bicyclic) bond motifs is 1. The molecule has 40 heavy (non-hydrogen) atoms. The van der Waals surface area contributed by atoms with Gasteiger partial charge >= 0.3 is 0 Å². The zero-order valence-electron chi connectivity index (χ0n) is 22.2. The van der Waals surface area contributed by atoms with Gasteiger partial charge in [0.25, 0.3) is 0 Å². The molecule has 0 bridgehead atoms. The number of ether oxygens (including phenoxy) is 7. The Kier molecular flexibility index (Phi) is 8.46. The molecule has 2 aromatic carbocycles. The Morgan fingerprint density at radius 3 is 1.98 bits per heavy atom. The van der Waals surface area contributed by atoms with Crippen LogP contribution in [0.25, 0.3) is 22.3 Å². The van der Waals surface area contributed by atoms with E-state index in [2.05, 4.69) is 0 Å². The lowest BCUT2D eigenvalue weighted by Gasteiger charge is -2.39. The molecule has 0 radical (unpaired) electrons. The minimum absolute atomic E-state index is 0.0553. The lowest BCUT2D eigenvalue weighted by molar-refractivity contribution is -0.277. The molecule has 0 aliphatic carbocycles. The molecule has 5 N–H and O–H groups in total. The van der Waals surface area contributed by atoms with Gasteiger partial charge < -0.3 is 63.1 Å². The van der Waals surface area contributed by atoms with Crippen molar-refractivity contribution < 1.29 is 63.1 Å². The maximum atomic E-state index is 13.5. The summed E-state index contributed by atoms with van der Waals surface area (Å²) >= 11 is 0. The van der Waals surface area contributed by atoms with E-state index in [0.29, 0.717) is 0 Å². The zero-order valence-corrected chi connectivity index (χ0v) is 22.2. The van der Waals surface area contributed by atoms with Crippen LogP contribution >= 0.6 is 0 Å². The Morgan fingerprint density at radius 1 is 0.775 bits per heavy atom. The van der Waals surface area contributed by atoms with Gasteiger partial charge in [-0.05, 0) is 6.07 Å². The molecule has 1 aliphatic rings. The first kappa shape index (κ1) is 29.0. The number of aliphatic hydroxyl groups excluding tert-OH is 4. The van der Waals surface area contributed by atoms with Crippen LogP contribution in [-0.4, -0.2) is 98.4 Å². The molecule has 14 heteroatoms. The summed E-state index contributed by atoms with van der Waals surface area (Å²) in [4.78, 5) is 13.5. The Hall–Kier alpha value is -3.95. The second-order valence-electron chi connectivity index (χ2n) is 8.65. The number of phenols is 1. The van der Waals surface area contributed by atoms with Crippen molar-refractivity contribution in [3.8, 4) is 51.6 Å². The van der Waals surface area contributed by atoms with Gasteiger partial charge in [0.1, 0.15) is 41.1 Å². The molecule has 1 fully saturated rings. The Labute approximate surface area is 227 Å². The molecule has 0 amide bonds. The highest BCUT2D eigenvalue weighted by Crippen LogP contribution is 2.47. The summed E-state index contributed by atoms with van der Waals surface area (Å²) in [7, 11) is 6.60. The highest BCUT2D eigenvalue weighted by Gasteiger charge is 2.45. The fraction of sp³-hybridized carbons (Fsp3) is 0.423. The van der Waals surface area contributed by atoms with Gasteiger partial charge in [0, 0.05) is 12.1 Å². The highest BCUT2D eigenvalue weighted by atomic mass is 16.7. The Morgan fingerprint density at radius 2 is 1.40 bits per heavy atom. The van der Waals surface area contributed by atoms with Crippen molar-refractivity contribution in [1.82, 2.24) is 0 Å². The van der Waals surface area contributed by atoms with Crippen LogP contribution in [-0.2, 0) is 4.74 Å². The highest BCUT2D eigenvalue weighted by molar-refractivity contribution is 5.92. The first-order chi connectivity index (χ1) is 19.1. The number of methoxy groups -OCH3 is 5. The number of phenolic OH excluding ortho intramolecular Hbond substituents is 1. The van der Waals surface area contributed by atoms with Crippen molar-refractivity contribution in [2.75, 3.05) is 42.2 Å². The third kappa shape index (κ3) is 4.80. The lowest BCUT2D eigenvalue weighted by atomic mass is 9.99. The number of aromatic hydroxyl groups is 1. The van der Waals surface area contributed by atoms with Gasteiger partial charge in [0.15, 0.2) is 28.8 Å². The van der Waals surface area contributed by atoms with E-state index in [1.54, 1.807) is 0 Å². The largest absolute Gasteiger partial charge is 0.504 e. The van der Waals surface area contributed by atoms with Crippen LogP contribution in [0.3, 0.4) is 0 Å². The fourth-order valence-electron chi connectivity index (χ4n) is 4.41. The van der Waals surface area contributed by atoms with Crippen LogP contribution < -0.4 is 33.8 Å². The molecule has 0 spiro atoms. The van der Waals surface area contributed by atoms with Crippen LogP contribution in [0.4, 0.5) is 0 Å². The maximum absolute atomic E-state index is 13.5. The average molecular weight is 567 g/mol. The number of aliphatic hydroxyl groups is 4. The van der Waals surface area contributed by atoms with Gasteiger partial charge in [0.05, 0.1) is 47.7 Å². The van der Waals surface area contributed by atoms with E-state index in [9.17, 15) is 30.3 Å². The summed E-state index contributed by atoms with van der Waals surface area (Å²) in [6, 6.07) is 4.11. The van der Waals surface area contributed by atoms with E-state index >= 15 is 0 Å². The van der Waals surface area contributed by atoms with Crippen molar-refractivity contribution in [2.45, 2.75) is 30.7 Å². The Balaban J connectivity index is 1.97. The zero-order chi connectivity index (χ0) is 29.3. The minimum Gasteiger partial charge on any atom is -0.504 e. The average Bonchev–Trinajstić information content (AvgIpc) is 2.96. The molecule has 3 aromatic rings. The quantitative estimate of drug-likeness (QED) is 0.238. The van der Waals surface area contributed by atoms with E-state index in [4.69, 9.17) is 37.6 Å². The van der Waals surface area contributed by atoms with E-state index in [0.717, 1.165) is 0 Å². The smallest absolute Gasteiger partial charge is 0.239 e. The van der Waals surface area contributed by atoms with Crippen molar-refractivity contribution in [2.24, 2.45) is 0 Å². The second-order valence-corrected chi connectivity index (χ2v) is 8.65. The molecule has 0 saturated carbocycles. The van der Waals surface area contributed by atoms with Gasteiger partial charge in [-0.2, -0.15) is 0 Å². The van der Waals surface area contributed by atoms with Crippen LogP contribution in [0.15, 0.2) is 27.4 Å². The van der Waals surface area contributed by atoms with Crippen molar-refractivity contribution >= 4 is 11.0 Å². The van der Waals surface area contributed by atoms with Crippen LogP contribution in [0, 0.1) is 0 Å². The molecule has 1 saturated heterocycles. The van der Waals surface area contributed by atoms with Crippen LogP contribution in [0.5, 0.6) is 40.2 Å². The van der Waals surface area contributed by atoms with Gasteiger partial charge in [-0.15, -0.1) is 0 Å². The maximum Gasteiger partial charge on any atom is 0.239 e. The summed E-state index contributed by atoms with van der Waals surface area (Å²) in [6.45, 7) is -0.675. The molecule has 5 unspecified atom stereocenters. The number of hydrogen-bond acceptors (Lipinski definition) is 14. The van der Waals surface area contributed by atoms with Crippen LogP contribution in [0.2, 0.25) is 0 Å². The van der Waals surface area contributed by atoms with E-state index in [1.807, 2.05) is 0 Å². The van der Waals surface area contributed by atoms with Gasteiger partial charge in [0.2, 0.25) is 23.2 Å². The number of rotatable bonds is 9. The van der Waals surface area contributed by atoms with Crippen molar-refractivity contribution in [1.29, 1.82) is 0 Å². The molecule has 1 aromatic heterocycles. The summed E-state index contributed by atoms with van der Waals surface area (Å²) < 4.78 is 44.0. The first-order valence-electron chi connectivity index (χ1n) is 11.9. The second kappa shape index (κ2) is 11.7. The molecule has 4 rings (SSSR count). The monoisotopic (exact) mass is 566 g/mol. The summed E-state index contributed by atoms with van der Waals surface area (Å²) in [6.07, 6.45) is -7.89. The van der Waals surface area contributed by atoms with Crippen LogP contribution in [0.1, 0.15) is 0 Å². The van der Waals surface area contributed by atoms with E-state index in [1.165, 1.54) is 53.7 Å². The molecular formula is C26H30O14. The predicted molar refractivity (Wildman–Crippen MR) is 137 cm³/mol. The molecule has 5 atom stereocenters. The van der Waals surface area contributed by atoms with Crippen molar-refractivity contribution in [3.63, 3.8) is 0 Å². The lowest BCUT2D eigenvalue weighted by Crippen LogP contribution is -2.60. The molecular weight excluding hydrogens is 536 g/mol. The SMILES string of the molecule is COc1cc(OC2OC(CO)C(O)C(O)C2O)c(-c2oc3cc(OC)c(OC)c(O)c3c(=O)c2OC)cc1OC. The van der Waals surface area contributed by atoms with Gasteiger partial charge in [-0.25, -0.2) is 0 Å². The topological polar surface area (TPSA) is 196 Å². The first-order valence-corrected chi connectivity index (χ1v) is 11.9. The Bertz CT molecular complexity index is 1430. The summed E-state index contributed by atoms with van der Waals surface area (Å²) in [5.74, 6) is -0.761. The molecule has 218 valence electrons. The predicted octanol–water partition coefficient (Wildman–Crippen LogP) is 0.387. The standard InChI is InChI=1S/C26H30O14/c1-33-12-6-10(11(7-13(12)34-2)39-26-22(32)21(31)18(28)16(9-27)40-26)23-25(37-5)20(30)17-14(38-23)8-15(35-3)24(36-4)19(17)29/h6-8,16,18,21-22,26-29,31-32H,9H2,1-5H3. The fourth-order valence-corrected chi connectivity index (χ4v) is 4.41. The number of benzene rings is 2. The summed E-state index contributed by atoms with van der Waals surface area (Å²) in [5.41, 5.74) is -0.796. The van der Waals surface area contributed by atoms with E-state index < -0.39 is 48.5 Å².